The lowest BCUT2D eigenvalue weighted by atomic mass is 10.1. The van der Waals surface area contributed by atoms with Crippen LogP contribution in [0.5, 0.6) is 0 Å². The molecule has 0 radical (unpaired) electrons. The zero-order valence-electron chi connectivity index (χ0n) is 9.95. The number of alkyl halides is 3. The monoisotopic (exact) mass is 273 g/mol. The second kappa shape index (κ2) is 4.65. The van der Waals surface area contributed by atoms with E-state index in [0.717, 1.165) is 12.1 Å². The first-order valence-corrected chi connectivity index (χ1v) is 5.45. The quantitative estimate of drug-likeness (QED) is 0.855. The fourth-order valence-electron chi connectivity index (χ4n) is 1.72. The van der Waals surface area contributed by atoms with Crippen LogP contribution < -0.4 is 5.73 Å². The van der Waals surface area contributed by atoms with Gasteiger partial charge in [0.25, 0.3) is 0 Å². The van der Waals surface area contributed by atoms with Gasteiger partial charge in [0.2, 0.25) is 0 Å². The van der Waals surface area contributed by atoms with Crippen molar-refractivity contribution in [3.63, 3.8) is 0 Å². The highest BCUT2D eigenvalue weighted by Crippen LogP contribution is 2.31. The molecule has 0 fully saturated rings. The number of nitrogens with two attached hydrogens (primary N) is 1. The Kier molecular flexibility index (Phi) is 3.32. The van der Waals surface area contributed by atoms with Gasteiger partial charge in [-0.1, -0.05) is 0 Å². The van der Waals surface area contributed by atoms with Crippen molar-refractivity contribution in [2.24, 2.45) is 5.73 Å². The number of hydrogen-bond acceptors (Lipinski definition) is 2. The van der Waals surface area contributed by atoms with Gasteiger partial charge < -0.3 is 5.73 Å². The Morgan fingerprint density at radius 3 is 2.58 bits per heavy atom. The van der Waals surface area contributed by atoms with E-state index < -0.39 is 23.6 Å². The lowest BCUT2D eigenvalue weighted by Gasteiger charge is -2.14. The van der Waals surface area contributed by atoms with Crippen LogP contribution in [-0.4, -0.2) is 9.55 Å². The molecule has 0 spiro atoms. The van der Waals surface area contributed by atoms with Crippen LogP contribution in [-0.2, 0) is 6.18 Å². The molecule has 2 N–H and O–H groups in total. The van der Waals surface area contributed by atoms with Crippen LogP contribution in [0.2, 0.25) is 0 Å². The zero-order chi connectivity index (χ0) is 14.2. The highest BCUT2D eigenvalue weighted by molar-refractivity contribution is 5.40. The number of rotatable bonds is 2. The van der Waals surface area contributed by atoms with Crippen LogP contribution >= 0.6 is 0 Å². The molecule has 1 heterocycles. The maximum Gasteiger partial charge on any atom is 0.416 e. The maximum atomic E-state index is 13.7. The molecule has 0 saturated carbocycles. The van der Waals surface area contributed by atoms with Gasteiger partial charge in [-0.2, -0.15) is 13.2 Å². The van der Waals surface area contributed by atoms with Crippen molar-refractivity contribution in [3.05, 3.63) is 47.8 Å². The van der Waals surface area contributed by atoms with Crippen LogP contribution in [0, 0.1) is 5.82 Å². The Hall–Kier alpha value is -1.89. The van der Waals surface area contributed by atoms with Gasteiger partial charge in [0.15, 0.2) is 0 Å². The molecule has 0 aliphatic heterocycles. The van der Waals surface area contributed by atoms with Crippen molar-refractivity contribution in [1.29, 1.82) is 0 Å². The van der Waals surface area contributed by atoms with Gasteiger partial charge in [-0.25, -0.2) is 9.37 Å². The van der Waals surface area contributed by atoms with Gasteiger partial charge in [-0.05, 0) is 25.1 Å². The largest absolute Gasteiger partial charge is 0.416 e. The highest BCUT2D eigenvalue weighted by atomic mass is 19.4. The molecular weight excluding hydrogens is 262 g/mol. The first kappa shape index (κ1) is 13.5. The lowest BCUT2D eigenvalue weighted by Crippen LogP contribution is -2.13. The molecular formula is C12H11F4N3. The van der Waals surface area contributed by atoms with Crippen LogP contribution in [0.25, 0.3) is 5.69 Å². The summed E-state index contributed by atoms with van der Waals surface area (Å²) < 4.78 is 52.8. The van der Waals surface area contributed by atoms with Gasteiger partial charge in [-0.15, -0.1) is 0 Å². The second-order valence-electron chi connectivity index (χ2n) is 4.14. The minimum Gasteiger partial charge on any atom is -0.323 e. The molecule has 0 unspecified atom stereocenters. The SMILES string of the molecule is C[C@@H](N)c1cncn1-c1cc(C(F)(F)F)ccc1F. The van der Waals surface area contributed by atoms with Gasteiger partial charge in [0, 0.05) is 6.04 Å². The van der Waals surface area contributed by atoms with Crippen molar-refractivity contribution in [1.82, 2.24) is 9.55 Å². The minimum absolute atomic E-state index is 0.223. The Morgan fingerprint density at radius 2 is 2.00 bits per heavy atom. The third-order valence-corrected chi connectivity index (χ3v) is 2.67. The number of benzene rings is 1. The van der Waals surface area contributed by atoms with Crippen molar-refractivity contribution in [2.45, 2.75) is 19.1 Å². The van der Waals surface area contributed by atoms with E-state index in [9.17, 15) is 17.6 Å². The molecule has 0 saturated heterocycles. The van der Waals surface area contributed by atoms with Crippen molar-refractivity contribution < 1.29 is 17.6 Å². The smallest absolute Gasteiger partial charge is 0.323 e. The summed E-state index contributed by atoms with van der Waals surface area (Å²) >= 11 is 0. The van der Waals surface area contributed by atoms with E-state index in [2.05, 4.69) is 4.98 Å². The Bertz CT molecular complexity index is 587. The number of halogens is 4. The molecule has 1 aromatic carbocycles. The fourth-order valence-corrected chi connectivity index (χ4v) is 1.72. The molecule has 0 aliphatic rings. The van der Waals surface area contributed by atoms with Crippen LogP contribution in [0.3, 0.4) is 0 Å². The van der Waals surface area contributed by atoms with E-state index >= 15 is 0 Å². The summed E-state index contributed by atoms with van der Waals surface area (Å²) in [5.74, 6) is -0.770. The fraction of sp³-hybridized carbons (Fsp3) is 0.250. The Balaban J connectivity index is 2.58. The van der Waals surface area contributed by atoms with E-state index in [0.29, 0.717) is 11.8 Å². The van der Waals surface area contributed by atoms with Crippen molar-refractivity contribution in [2.75, 3.05) is 0 Å². The van der Waals surface area contributed by atoms with E-state index in [4.69, 9.17) is 5.73 Å². The molecule has 19 heavy (non-hydrogen) atoms. The van der Waals surface area contributed by atoms with E-state index in [1.165, 1.54) is 17.1 Å². The number of imidazole rings is 1. The molecule has 3 nitrogen and oxygen atoms in total. The Labute approximate surface area is 106 Å². The van der Waals surface area contributed by atoms with Crippen LogP contribution in [0.15, 0.2) is 30.7 Å². The minimum atomic E-state index is -4.53. The van der Waals surface area contributed by atoms with Crippen molar-refractivity contribution >= 4 is 0 Å². The maximum absolute atomic E-state index is 13.7. The van der Waals surface area contributed by atoms with Gasteiger partial charge in [0.05, 0.1) is 29.5 Å². The lowest BCUT2D eigenvalue weighted by molar-refractivity contribution is -0.137. The third-order valence-electron chi connectivity index (χ3n) is 2.67. The standard InChI is InChI=1S/C12H11F4N3/c1-7(17)11-5-18-6-19(11)10-4-8(12(14,15)16)2-3-9(10)13/h2-7H,17H2,1H3/t7-/m1/s1. The summed E-state index contributed by atoms with van der Waals surface area (Å²) in [6.07, 6.45) is -1.90. The molecule has 7 heteroatoms. The predicted octanol–water partition coefficient (Wildman–Crippen LogP) is 3.05. The summed E-state index contributed by atoms with van der Waals surface area (Å²) in [5.41, 5.74) is 4.95. The molecule has 2 rings (SSSR count). The molecule has 102 valence electrons. The summed E-state index contributed by atoms with van der Waals surface area (Å²) in [4.78, 5) is 3.79. The summed E-state index contributed by atoms with van der Waals surface area (Å²) in [7, 11) is 0. The average molecular weight is 273 g/mol. The van der Waals surface area contributed by atoms with Crippen molar-refractivity contribution in [3.8, 4) is 5.69 Å². The molecule has 0 bridgehead atoms. The van der Waals surface area contributed by atoms with E-state index in [1.807, 2.05) is 0 Å². The van der Waals surface area contributed by atoms with Crippen LogP contribution in [0.1, 0.15) is 24.2 Å². The third kappa shape index (κ3) is 2.60. The van der Waals surface area contributed by atoms with Crippen LogP contribution in [0.4, 0.5) is 17.6 Å². The molecule has 1 aromatic heterocycles. The molecule has 0 aliphatic carbocycles. The summed E-state index contributed by atoms with van der Waals surface area (Å²) in [6, 6.07) is 1.74. The average Bonchev–Trinajstić information content (AvgIpc) is 2.76. The topological polar surface area (TPSA) is 43.8 Å². The Morgan fingerprint density at radius 1 is 1.32 bits per heavy atom. The molecule has 1 atom stereocenters. The predicted molar refractivity (Wildman–Crippen MR) is 61.1 cm³/mol. The number of nitrogens with zero attached hydrogens (tertiary/aromatic N) is 2. The summed E-state index contributed by atoms with van der Waals surface area (Å²) in [5, 5.41) is 0. The van der Waals surface area contributed by atoms with Gasteiger partial charge >= 0.3 is 6.18 Å². The molecule has 2 aromatic rings. The zero-order valence-corrected chi connectivity index (χ0v) is 9.95. The second-order valence-corrected chi connectivity index (χ2v) is 4.14. The normalized spacial score (nSPS) is 13.6. The molecule has 0 amide bonds. The number of hydrogen-bond donors (Lipinski definition) is 1. The number of aromatic nitrogens is 2. The van der Waals surface area contributed by atoms with E-state index in [1.54, 1.807) is 6.92 Å². The van der Waals surface area contributed by atoms with E-state index in [-0.39, 0.29) is 5.69 Å². The first-order chi connectivity index (χ1) is 8.80. The van der Waals surface area contributed by atoms with Gasteiger partial charge in [-0.3, -0.25) is 4.57 Å². The first-order valence-electron chi connectivity index (χ1n) is 5.45. The van der Waals surface area contributed by atoms with Gasteiger partial charge in [0.1, 0.15) is 5.82 Å². The highest BCUT2D eigenvalue weighted by Gasteiger charge is 2.31. The summed E-state index contributed by atoms with van der Waals surface area (Å²) in [6.45, 7) is 1.64.